The maximum atomic E-state index is 11.8. The van der Waals surface area contributed by atoms with Gasteiger partial charge in [0.05, 0.1) is 6.20 Å². The number of hydrogen-bond donors (Lipinski definition) is 0. The fraction of sp³-hybridized carbons (Fsp3) is 0.500. The van der Waals surface area contributed by atoms with E-state index in [0.717, 1.165) is 25.9 Å². The summed E-state index contributed by atoms with van der Waals surface area (Å²) in [6, 6.07) is 3.35. The van der Waals surface area contributed by atoms with Crippen LogP contribution < -0.4 is 4.74 Å². The number of carbonyl (C=O) groups is 1. The van der Waals surface area contributed by atoms with Gasteiger partial charge in [0.2, 0.25) is 0 Å². The van der Waals surface area contributed by atoms with Crippen LogP contribution in [-0.4, -0.2) is 35.5 Å². The second-order valence-electron chi connectivity index (χ2n) is 4.05. The van der Waals surface area contributed by atoms with Gasteiger partial charge in [-0.25, -0.2) is 4.98 Å². The molecule has 4 nitrogen and oxygen atoms in total. The fourth-order valence-electron chi connectivity index (χ4n) is 1.83. The molecule has 1 aromatic heterocycles. The van der Waals surface area contributed by atoms with E-state index in [1.807, 2.05) is 4.90 Å². The first-order chi connectivity index (χ1) is 8.25. The van der Waals surface area contributed by atoms with Crippen molar-refractivity contribution in [3.63, 3.8) is 0 Å². The molecule has 1 aliphatic rings. The van der Waals surface area contributed by atoms with Gasteiger partial charge >= 0.3 is 0 Å². The molecule has 0 bridgehead atoms. The van der Waals surface area contributed by atoms with Gasteiger partial charge in [0.1, 0.15) is 10.9 Å². The molecule has 0 aromatic carbocycles. The molecule has 5 heteroatoms. The van der Waals surface area contributed by atoms with Crippen LogP contribution >= 0.6 is 11.6 Å². The van der Waals surface area contributed by atoms with E-state index in [1.165, 1.54) is 12.6 Å². The van der Waals surface area contributed by atoms with Crippen molar-refractivity contribution in [2.45, 2.75) is 19.3 Å². The van der Waals surface area contributed by atoms with Gasteiger partial charge in [0, 0.05) is 13.1 Å². The predicted octanol–water partition coefficient (Wildman–Crippen LogP) is 2.13. The van der Waals surface area contributed by atoms with Crippen molar-refractivity contribution in [2.24, 2.45) is 0 Å². The summed E-state index contributed by atoms with van der Waals surface area (Å²) in [4.78, 5) is 17.5. The van der Waals surface area contributed by atoms with E-state index in [9.17, 15) is 4.79 Å². The monoisotopic (exact) mass is 254 g/mol. The molecule has 1 saturated heterocycles. The molecule has 0 atom stereocenters. The molecule has 2 rings (SSSR count). The topological polar surface area (TPSA) is 42.4 Å². The highest BCUT2D eigenvalue weighted by molar-refractivity contribution is 6.29. The fourth-order valence-corrected chi connectivity index (χ4v) is 1.94. The zero-order chi connectivity index (χ0) is 12.1. The van der Waals surface area contributed by atoms with E-state index in [0.29, 0.717) is 10.9 Å². The van der Waals surface area contributed by atoms with Crippen LogP contribution in [0.4, 0.5) is 0 Å². The summed E-state index contributed by atoms with van der Waals surface area (Å²) < 4.78 is 5.36. The van der Waals surface area contributed by atoms with Gasteiger partial charge in [-0.2, -0.15) is 0 Å². The highest BCUT2D eigenvalue weighted by Crippen LogP contribution is 2.13. The first-order valence-electron chi connectivity index (χ1n) is 5.78. The Morgan fingerprint density at radius 3 is 2.76 bits per heavy atom. The standard InChI is InChI=1S/C12H15ClN2O2/c13-11-5-4-10(8-14-11)17-9-12(16)15-6-2-1-3-7-15/h4-5,8H,1-3,6-7,9H2. The number of nitrogens with zero attached hydrogens (tertiary/aromatic N) is 2. The van der Waals surface area contributed by atoms with Crippen LogP contribution in [0.1, 0.15) is 19.3 Å². The molecule has 0 spiro atoms. The quantitative estimate of drug-likeness (QED) is 0.776. The number of pyridine rings is 1. The SMILES string of the molecule is O=C(COc1ccc(Cl)nc1)N1CCCCC1. The maximum absolute atomic E-state index is 11.8. The van der Waals surface area contributed by atoms with Gasteiger partial charge < -0.3 is 9.64 Å². The van der Waals surface area contributed by atoms with E-state index in [-0.39, 0.29) is 12.5 Å². The summed E-state index contributed by atoms with van der Waals surface area (Å²) >= 11 is 5.65. The first-order valence-corrected chi connectivity index (χ1v) is 6.15. The number of ether oxygens (including phenoxy) is 1. The molecule has 2 heterocycles. The zero-order valence-corrected chi connectivity index (χ0v) is 10.3. The molecule has 1 fully saturated rings. The number of rotatable bonds is 3. The Morgan fingerprint density at radius 1 is 1.35 bits per heavy atom. The molecule has 0 saturated carbocycles. The van der Waals surface area contributed by atoms with Crippen LogP contribution in [0.2, 0.25) is 5.15 Å². The van der Waals surface area contributed by atoms with Crippen molar-refractivity contribution in [3.8, 4) is 5.75 Å². The molecule has 1 aliphatic heterocycles. The van der Waals surface area contributed by atoms with Gasteiger partial charge in [-0.3, -0.25) is 4.79 Å². The molecule has 1 aromatic rings. The van der Waals surface area contributed by atoms with E-state index in [2.05, 4.69) is 4.98 Å². The summed E-state index contributed by atoms with van der Waals surface area (Å²) in [5, 5.41) is 0.416. The summed E-state index contributed by atoms with van der Waals surface area (Å²) in [7, 11) is 0. The van der Waals surface area contributed by atoms with Crippen LogP contribution in [0.25, 0.3) is 0 Å². The number of likely N-dealkylation sites (tertiary alicyclic amines) is 1. The lowest BCUT2D eigenvalue weighted by atomic mass is 10.1. The normalized spacial score (nSPS) is 15.7. The highest BCUT2D eigenvalue weighted by Gasteiger charge is 2.16. The Morgan fingerprint density at radius 2 is 2.12 bits per heavy atom. The average molecular weight is 255 g/mol. The Kier molecular flexibility index (Phi) is 4.20. The minimum atomic E-state index is 0.0413. The van der Waals surface area contributed by atoms with Gasteiger partial charge in [-0.15, -0.1) is 0 Å². The van der Waals surface area contributed by atoms with E-state index in [1.54, 1.807) is 12.1 Å². The molecular formula is C12H15ClN2O2. The second-order valence-corrected chi connectivity index (χ2v) is 4.43. The van der Waals surface area contributed by atoms with Crippen molar-refractivity contribution in [3.05, 3.63) is 23.5 Å². The van der Waals surface area contributed by atoms with Crippen molar-refractivity contribution in [2.75, 3.05) is 19.7 Å². The minimum Gasteiger partial charge on any atom is -0.482 e. The smallest absolute Gasteiger partial charge is 0.260 e. The lowest BCUT2D eigenvalue weighted by molar-refractivity contribution is -0.134. The van der Waals surface area contributed by atoms with Crippen molar-refractivity contribution in [1.82, 2.24) is 9.88 Å². The lowest BCUT2D eigenvalue weighted by Gasteiger charge is -2.26. The second kappa shape index (κ2) is 5.87. The summed E-state index contributed by atoms with van der Waals surface area (Å²) in [5.74, 6) is 0.611. The molecular weight excluding hydrogens is 240 g/mol. The number of amides is 1. The van der Waals surface area contributed by atoms with Crippen molar-refractivity contribution < 1.29 is 9.53 Å². The molecule has 0 N–H and O–H groups in total. The average Bonchev–Trinajstić information content (AvgIpc) is 2.39. The molecule has 0 aliphatic carbocycles. The predicted molar refractivity (Wildman–Crippen MR) is 65.2 cm³/mol. The maximum Gasteiger partial charge on any atom is 0.260 e. The number of halogens is 1. The number of piperidine rings is 1. The van der Waals surface area contributed by atoms with Gasteiger partial charge in [-0.1, -0.05) is 11.6 Å². The third-order valence-corrected chi connectivity index (χ3v) is 2.99. The minimum absolute atomic E-state index is 0.0413. The van der Waals surface area contributed by atoms with Crippen molar-refractivity contribution >= 4 is 17.5 Å². The van der Waals surface area contributed by atoms with Gasteiger partial charge in [0.15, 0.2) is 6.61 Å². The van der Waals surface area contributed by atoms with Gasteiger partial charge in [-0.05, 0) is 31.4 Å². The lowest BCUT2D eigenvalue weighted by Crippen LogP contribution is -2.38. The van der Waals surface area contributed by atoms with Crippen LogP contribution in [0, 0.1) is 0 Å². The largest absolute Gasteiger partial charge is 0.482 e. The van der Waals surface area contributed by atoms with Crippen LogP contribution in [-0.2, 0) is 4.79 Å². The van der Waals surface area contributed by atoms with Crippen LogP contribution in [0.3, 0.4) is 0 Å². The molecule has 1 amide bonds. The summed E-state index contributed by atoms with van der Waals surface area (Å²) in [6.45, 7) is 1.77. The van der Waals surface area contributed by atoms with Gasteiger partial charge in [0.25, 0.3) is 5.91 Å². The highest BCUT2D eigenvalue weighted by atomic mass is 35.5. The van der Waals surface area contributed by atoms with Crippen molar-refractivity contribution in [1.29, 1.82) is 0 Å². The van der Waals surface area contributed by atoms with E-state index >= 15 is 0 Å². The molecule has 92 valence electrons. The Bertz CT molecular complexity index is 375. The Balaban J connectivity index is 1.81. The zero-order valence-electron chi connectivity index (χ0n) is 9.56. The van der Waals surface area contributed by atoms with Crippen LogP contribution in [0.5, 0.6) is 5.75 Å². The number of aromatic nitrogens is 1. The molecule has 0 radical (unpaired) electrons. The van der Waals surface area contributed by atoms with Crippen LogP contribution in [0.15, 0.2) is 18.3 Å². The third-order valence-electron chi connectivity index (χ3n) is 2.77. The van der Waals surface area contributed by atoms with E-state index in [4.69, 9.17) is 16.3 Å². The Hall–Kier alpha value is -1.29. The third kappa shape index (κ3) is 3.60. The summed E-state index contributed by atoms with van der Waals surface area (Å²) in [6.07, 6.45) is 4.92. The summed E-state index contributed by atoms with van der Waals surface area (Å²) in [5.41, 5.74) is 0. The number of carbonyl (C=O) groups excluding carboxylic acids is 1. The molecule has 0 unspecified atom stereocenters. The number of hydrogen-bond acceptors (Lipinski definition) is 3. The first kappa shape index (κ1) is 12.2. The van der Waals surface area contributed by atoms with E-state index < -0.39 is 0 Å². The Labute approximate surface area is 106 Å². The molecule has 17 heavy (non-hydrogen) atoms.